The first-order chi connectivity index (χ1) is 17.9. The second kappa shape index (κ2) is 8.68. The first-order valence-electron chi connectivity index (χ1n) is 15.6. The summed E-state index contributed by atoms with van der Waals surface area (Å²) < 4.78 is 0. The molecular weight excluding hydrogens is 486 g/mol. The first-order valence-corrected chi connectivity index (χ1v) is 15.6. The number of aliphatic carboxylic acids is 1. The zero-order valence-corrected chi connectivity index (χ0v) is 26.0. The van der Waals surface area contributed by atoms with Crippen molar-refractivity contribution in [1.82, 2.24) is 5.32 Å². The topological polar surface area (TPSA) is 83.5 Å². The summed E-state index contributed by atoms with van der Waals surface area (Å²) in [4.78, 5) is 40.0. The quantitative estimate of drug-likeness (QED) is 0.294. The van der Waals surface area contributed by atoms with Crippen LogP contribution in [0, 0.1) is 56.2 Å². The van der Waals surface area contributed by atoms with Gasteiger partial charge in [0.2, 0.25) is 5.91 Å². The number of carboxylic acids is 1. The third-order valence-corrected chi connectivity index (χ3v) is 13.5. The molecule has 2 N–H and O–H groups in total. The Kier molecular flexibility index (Phi) is 6.42. The third-order valence-electron chi connectivity index (χ3n) is 13.5. The molecule has 5 nitrogen and oxygen atoms in total. The number of carboxylic acid groups (broad SMARTS) is 1. The highest BCUT2D eigenvalue weighted by molar-refractivity contribution is 6.04. The lowest BCUT2D eigenvalue weighted by atomic mass is 9.33. The van der Waals surface area contributed by atoms with Gasteiger partial charge in [-0.1, -0.05) is 60.1 Å². The van der Waals surface area contributed by atoms with Crippen molar-refractivity contribution in [2.75, 3.05) is 0 Å². The lowest BCUT2D eigenvalue weighted by Crippen LogP contribution is -2.66. The van der Waals surface area contributed by atoms with Crippen molar-refractivity contribution in [3.8, 4) is 0 Å². The monoisotopic (exact) mass is 539 g/mol. The van der Waals surface area contributed by atoms with E-state index in [9.17, 15) is 19.5 Å². The van der Waals surface area contributed by atoms with Gasteiger partial charge in [0.15, 0.2) is 5.78 Å². The maximum Gasteiger partial charge on any atom is 0.310 e. The van der Waals surface area contributed by atoms with Crippen molar-refractivity contribution >= 4 is 17.7 Å². The minimum absolute atomic E-state index is 0.00410. The predicted molar refractivity (Wildman–Crippen MR) is 154 cm³/mol. The molecule has 39 heavy (non-hydrogen) atoms. The van der Waals surface area contributed by atoms with Gasteiger partial charge >= 0.3 is 5.97 Å². The van der Waals surface area contributed by atoms with Gasteiger partial charge < -0.3 is 10.4 Å². The van der Waals surface area contributed by atoms with Crippen molar-refractivity contribution in [3.05, 3.63) is 11.6 Å². The van der Waals surface area contributed by atoms with Crippen molar-refractivity contribution in [1.29, 1.82) is 0 Å². The number of fused-ring (bicyclic) bond motifs is 7. The van der Waals surface area contributed by atoms with Crippen LogP contribution in [-0.4, -0.2) is 28.8 Å². The smallest absolute Gasteiger partial charge is 0.310 e. The normalized spacial score (nSPS) is 46.2. The van der Waals surface area contributed by atoms with Crippen LogP contribution in [0.2, 0.25) is 0 Å². The Morgan fingerprint density at radius 1 is 0.923 bits per heavy atom. The van der Waals surface area contributed by atoms with Crippen LogP contribution in [0.4, 0.5) is 0 Å². The molecule has 0 aliphatic heterocycles. The number of amides is 1. The molecule has 0 bridgehead atoms. The molecule has 0 aromatic carbocycles. The summed E-state index contributed by atoms with van der Waals surface area (Å²) in [5.41, 5.74) is 0.189. The number of Topliss-reactive ketones (excluding diaryl/α,β-unsaturated/α-hetero) is 1. The van der Waals surface area contributed by atoms with Crippen LogP contribution in [0.1, 0.15) is 120 Å². The molecule has 4 saturated carbocycles. The molecule has 1 amide bonds. The molecule has 5 heteroatoms. The molecule has 0 radical (unpaired) electrons. The van der Waals surface area contributed by atoms with E-state index in [1.54, 1.807) is 0 Å². The van der Waals surface area contributed by atoms with Gasteiger partial charge in [-0.05, 0) is 111 Å². The minimum Gasteiger partial charge on any atom is -0.481 e. The molecule has 4 fully saturated rings. The lowest BCUT2D eigenvalue weighted by Gasteiger charge is -2.70. The highest BCUT2D eigenvalue weighted by atomic mass is 16.4. The molecule has 0 heterocycles. The molecule has 5 aliphatic carbocycles. The molecule has 5 rings (SSSR count). The SMILES string of the molecule is CC(C)NC(=O)C1C[C@@]2(C)C(CC[C@]3(C)C2CC=C2C4CC(C)(C)CC[C@]4(C(=O)O)CC[C@]23C)C(C)(C)C1=O. The van der Waals surface area contributed by atoms with Crippen molar-refractivity contribution in [2.24, 2.45) is 56.2 Å². The van der Waals surface area contributed by atoms with Gasteiger partial charge in [0.1, 0.15) is 0 Å². The molecule has 0 aromatic rings. The van der Waals surface area contributed by atoms with Gasteiger partial charge in [-0.15, -0.1) is 0 Å². The van der Waals surface area contributed by atoms with Gasteiger partial charge in [-0.3, -0.25) is 14.4 Å². The van der Waals surface area contributed by atoms with E-state index in [2.05, 4.69) is 59.9 Å². The van der Waals surface area contributed by atoms with Gasteiger partial charge in [-0.25, -0.2) is 0 Å². The number of ketones is 1. The number of nitrogens with one attached hydrogen (secondary N) is 1. The molecule has 5 aliphatic rings. The van der Waals surface area contributed by atoms with Crippen LogP contribution in [-0.2, 0) is 14.4 Å². The average Bonchev–Trinajstić information content (AvgIpc) is 2.81. The number of allylic oxidation sites excluding steroid dienone is 2. The summed E-state index contributed by atoms with van der Waals surface area (Å²) in [5, 5.41) is 13.6. The Balaban J connectivity index is 1.59. The summed E-state index contributed by atoms with van der Waals surface area (Å²) in [5.74, 6) is -0.509. The maximum absolute atomic E-state index is 13.8. The number of hydrogen-bond donors (Lipinski definition) is 2. The molecular formula is C34H53NO4. The minimum atomic E-state index is -0.634. The van der Waals surface area contributed by atoms with Crippen LogP contribution in [0.5, 0.6) is 0 Å². The van der Waals surface area contributed by atoms with Gasteiger partial charge in [0, 0.05) is 11.5 Å². The second-order valence-corrected chi connectivity index (χ2v) is 16.7. The van der Waals surface area contributed by atoms with E-state index in [-0.39, 0.29) is 51.2 Å². The van der Waals surface area contributed by atoms with E-state index in [1.807, 2.05) is 13.8 Å². The van der Waals surface area contributed by atoms with Crippen LogP contribution < -0.4 is 5.32 Å². The standard InChI is InChI=1S/C34H53NO4/c1-20(2)35-27(37)21-18-31(7)24(30(5,6)26(21)36)12-13-33(9)25(31)11-10-22-23-19-29(3,4)14-16-34(23,28(38)39)17-15-32(22,33)8/h10,20-21,23-25H,11-19H2,1-9H3,(H,35,37)(H,38,39)/t21?,23?,24?,25?,31-,32+,33+,34-/m0/s1. The van der Waals surface area contributed by atoms with E-state index in [0.717, 1.165) is 51.4 Å². The largest absolute Gasteiger partial charge is 0.481 e. The molecule has 0 saturated heterocycles. The van der Waals surface area contributed by atoms with E-state index >= 15 is 0 Å². The van der Waals surface area contributed by atoms with Crippen LogP contribution in [0.3, 0.4) is 0 Å². The fraction of sp³-hybridized carbons (Fsp3) is 0.853. The summed E-state index contributed by atoms with van der Waals surface area (Å²) in [6, 6.07) is 0.00568. The van der Waals surface area contributed by atoms with Gasteiger partial charge in [-0.2, -0.15) is 0 Å². The van der Waals surface area contributed by atoms with Crippen LogP contribution in [0.15, 0.2) is 11.6 Å². The Bertz CT molecular complexity index is 1120. The van der Waals surface area contributed by atoms with E-state index in [4.69, 9.17) is 0 Å². The summed E-state index contributed by atoms with van der Waals surface area (Å²) >= 11 is 0. The molecule has 4 unspecified atom stereocenters. The Morgan fingerprint density at radius 2 is 1.56 bits per heavy atom. The summed E-state index contributed by atoms with van der Waals surface area (Å²) in [6.07, 6.45) is 10.4. The highest BCUT2D eigenvalue weighted by Crippen LogP contribution is 2.75. The zero-order chi connectivity index (χ0) is 29.0. The molecule has 0 spiro atoms. The third kappa shape index (κ3) is 3.79. The average molecular weight is 540 g/mol. The summed E-state index contributed by atoms with van der Waals surface area (Å²) in [7, 11) is 0. The predicted octanol–water partition coefficient (Wildman–Crippen LogP) is 7.19. The fourth-order valence-corrected chi connectivity index (χ4v) is 11.2. The Hall–Kier alpha value is -1.65. The Labute approximate surface area is 236 Å². The number of rotatable bonds is 3. The molecule has 218 valence electrons. The van der Waals surface area contributed by atoms with Crippen LogP contribution >= 0.6 is 0 Å². The molecule has 8 atom stereocenters. The lowest BCUT2D eigenvalue weighted by molar-refractivity contribution is -0.195. The number of carbonyl (C=O) groups is 3. The van der Waals surface area contributed by atoms with E-state index in [0.29, 0.717) is 12.3 Å². The number of carbonyl (C=O) groups excluding carboxylic acids is 2. The van der Waals surface area contributed by atoms with Crippen molar-refractivity contribution in [3.63, 3.8) is 0 Å². The number of hydrogen-bond acceptors (Lipinski definition) is 3. The van der Waals surface area contributed by atoms with Crippen molar-refractivity contribution in [2.45, 2.75) is 126 Å². The van der Waals surface area contributed by atoms with Crippen molar-refractivity contribution < 1.29 is 19.5 Å². The molecule has 0 aromatic heterocycles. The second-order valence-electron chi connectivity index (χ2n) is 16.7. The fourth-order valence-electron chi connectivity index (χ4n) is 11.2. The van der Waals surface area contributed by atoms with E-state index < -0.39 is 22.7 Å². The maximum atomic E-state index is 13.8. The van der Waals surface area contributed by atoms with Crippen LogP contribution in [0.25, 0.3) is 0 Å². The van der Waals surface area contributed by atoms with Gasteiger partial charge in [0.05, 0.1) is 11.3 Å². The first kappa shape index (κ1) is 28.9. The van der Waals surface area contributed by atoms with E-state index in [1.165, 1.54) is 5.57 Å². The highest BCUT2D eigenvalue weighted by Gasteiger charge is 2.70. The summed E-state index contributed by atoms with van der Waals surface area (Å²) in [6.45, 7) is 20.0. The zero-order valence-electron chi connectivity index (χ0n) is 26.0. The Morgan fingerprint density at radius 3 is 2.18 bits per heavy atom. The van der Waals surface area contributed by atoms with Gasteiger partial charge in [0.25, 0.3) is 0 Å².